The maximum Gasteiger partial charge on any atom is 0.350 e. The van der Waals surface area contributed by atoms with Gasteiger partial charge in [0.25, 0.3) is 15.9 Å². The number of amides is 1. The fourth-order valence-electron chi connectivity index (χ4n) is 2.75. The highest BCUT2D eigenvalue weighted by Gasteiger charge is 2.23. The Bertz CT molecular complexity index is 1230. The van der Waals surface area contributed by atoms with Crippen molar-refractivity contribution in [1.29, 1.82) is 0 Å². The monoisotopic (exact) mass is 459 g/mol. The first-order valence-corrected chi connectivity index (χ1v) is 11.4. The van der Waals surface area contributed by atoms with Crippen LogP contribution in [0.2, 0.25) is 0 Å². The molecule has 0 aliphatic heterocycles. The zero-order valence-electron chi connectivity index (χ0n) is 17.4. The highest BCUT2D eigenvalue weighted by Crippen LogP contribution is 2.25. The van der Waals surface area contributed by atoms with E-state index in [1.165, 1.54) is 38.4 Å². The molecule has 1 aromatic heterocycles. The van der Waals surface area contributed by atoms with Crippen molar-refractivity contribution in [3.8, 4) is 0 Å². The summed E-state index contributed by atoms with van der Waals surface area (Å²) in [5.41, 5.74) is 2.10. The third kappa shape index (κ3) is 4.75. The Morgan fingerprint density at radius 3 is 2.42 bits per heavy atom. The largest absolute Gasteiger partial charge is 0.465 e. The van der Waals surface area contributed by atoms with Crippen LogP contribution in [0.25, 0.3) is 0 Å². The van der Waals surface area contributed by atoms with Gasteiger partial charge in [0.05, 0.1) is 23.4 Å². The van der Waals surface area contributed by atoms with Crippen LogP contribution >= 0.6 is 11.3 Å². The lowest BCUT2D eigenvalue weighted by Gasteiger charge is -2.20. The second-order valence-electron chi connectivity index (χ2n) is 6.72. The van der Waals surface area contributed by atoms with Gasteiger partial charge < -0.3 is 4.74 Å². The molecular formula is C21H21N3O5S2. The molecule has 31 heavy (non-hydrogen) atoms. The summed E-state index contributed by atoms with van der Waals surface area (Å²) >= 11 is 0.984. The van der Waals surface area contributed by atoms with Gasteiger partial charge in [-0.15, -0.1) is 0 Å². The standard InChI is InChI=1S/C21H21N3O5S2/c1-13-8-10-16(11-9-13)24(3)31(27,28)17-7-5-6-15(12-17)19(25)23-21-22-14(2)18(30-21)20(26)29-4/h5-12H,1-4H3,(H,22,23,25). The van der Waals surface area contributed by atoms with E-state index in [1.807, 2.05) is 19.1 Å². The predicted molar refractivity (Wildman–Crippen MR) is 119 cm³/mol. The molecule has 0 bridgehead atoms. The Kier molecular flexibility index (Phi) is 6.42. The van der Waals surface area contributed by atoms with E-state index in [0.717, 1.165) is 21.2 Å². The highest BCUT2D eigenvalue weighted by atomic mass is 32.2. The number of ether oxygens (including phenoxy) is 1. The van der Waals surface area contributed by atoms with Gasteiger partial charge in [-0.05, 0) is 44.2 Å². The van der Waals surface area contributed by atoms with Gasteiger partial charge in [0, 0.05) is 12.6 Å². The maximum atomic E-state index is 13.0. The minimum atomic E-state index is -3.87. The number of rotatable bonds is 6. The van der Waals surface area contributed by atoms with Crippen LogP contribution in [0, 0.1) is 13.8 Å². The SMILES string of the molecule is COC(=O)c1sc(NC(=O)c2cccc(S(=O)(=O)N(C)c3ccc(C)cc3)c2)nc1C. The highest BCUT2D eigenvalue weighted by molar-refractivity contribution is 7.92. The maximum absolute atomic E-state index is 13.0. The van der Waals surface area contributed by atoms with Crippen LogP contribution in [0.3, 0.4) is 0 Å². The number of methoxy groups -OCH3 is 1. The number of esters is 1. The Labute approximate surface area is 184 Å². The van der Waals surface area contributed by atoms with E-state index in [0.29, 0.717) is 11.4 Å². The van der Waals surface area contributed by atoms with Crippen molar-refractivity contribution in [3.05, 3.63) is 70.2 Å². The lowest BCUT2D eigenvalue weighted by Crippen LogP contribution is -2.26. The van der Waals surface area contributed by atoms with E-state index in [1.54, 1.807) is 19.1 Å². The molecule has 1 N–H and O–H groups in total. The molecule has 0 fully saturated rings. The first kappa shape index (κ1) is 22.4. The average Bonchev–Trinajstić information content (AvgIpc) is 3.13. The van der Waals surface area contributed by atoms with Crippen molar-refractivity contribution in [2.75, 3.05) is 23.8 Å². The zero-order valence-corrected chi connectivity index (χ0v) is 19.0. The summed E-state index contributed by atoms with van der Waals surface area (Å²) in [6, 6.07) is 12.8. The van der Waals surface area contributed by atoms with E-state index in [-0.39, 0.29) is 20.5 Å². The normalized spacial score (nSPS) is 11.1. The van der Waals surface area contributed by atoms with Crippen LogP contribution in [0.4, 0.5) is 10.8 Å². The van der Waals surface area contributed by atoms with E-state index < -0.39 is 21.9 Å². The van der Waals surface area contributed by atoms with Crippen LogP contribution in [0.1, 0.15) is 31.3 Å². The van der Waals surface area contributed by atoms with Crippen molar-refractivity contribution >= 4 is 44.1 Å². The molecule has 1 amide bonds. The first-order chi connectivity index (χ1) is 14.6. The van der Waals surface area contributed by atoms with Gasteiger partial charge >= 0.3 is 5.97 Å². The molecule has 0 atom stereocenters. The molecule has 3 aromatic rings. The lowest BCUT2D eigenvalue weighted by molar-refractivity contribution is 0.0605. The van der Waals surface area contributed by atoms with E-state index in [9.17, 15) is 18.0 Å². The number of sulfonamides is 1. The molecule has 0 radical (unpaired) electrons. The summed E-state index contributed by atoms with van der Waals surface area (Å²) in [4.78, 5) is 28.8. The Morgan fingerprint density at radius 1 is 1.10 bits per heavy atom. The average molecular weight is 460 g/mol. The molecule has 0 saturated heterocycles. The van der Waals surface area contributed by atoms with E-state index in [2.05, 4.69) is 15.0 Å². The number of aryl methyl sites for hydroxylation is 2. The van der Waals surface area contributed by atoms with E-state index >= 15 is 0 Å². The van der Waals surface area contributed by atoms with E-state index in [4.69, 9.17) is 0 Å². The number of thiazole rings is 1. The Balaban J connectivity index is 1.84. The molecular weight excluding hydrogens is 438 g/mol. The second kappa shape index (κ2) is 8.86. The van der Waals surface area contributed by atoms with Gasteiger partial charge in [-0.1, -0.05) is 35.1 Å². The molecule has 0 aliphatic rings. The van der Waals surface area contributed by atoms with Gasteiger partial charge in [0.15, 0.2) is 5.13 Å². The van der Waals surface area contributed by atoms with Gasteiger partial charge in [0.2, 0.25) is 0 Å². The quantitative estimate of drug-likeness (QED) is 0.565. The van der Waals surface area contributed by atoms with Crippen molar-refractivity contribution in [2.45, 2.75) is 18.7 Å². The number of hydrogen-bond acceptors (Lipinski definition) is 7. The van der Waals surface area contributed by atoms with Gasteiger partial charge in [-0.2, -0.15) is 0 Å². The summed E-state index contributed by atoms with van der Waals surface area (Å²) < 4.78 is 31.9. The minimum absolute atomic E-state index is 0.0196. The Morgan fingerprint density at radius 2 is 1.77 bits per heavy atom. The van der Waals surface area contributed by atoms with Crippen LogP contribution in [-0.2, 0) is 14.8 Å². The summed E-state index contributed by atoms with van der Waals surface area (Å²) in [5.74, 6) is -1.08. The van der Waals surface area contributed by atoms with Crippen LogP contribution < -0.4 is 9.62 Å². The molecule has 3 rings (SSSR count). The zero-order chi connectivity index (χ0) is 22.8. The summed E-state index contributed by atoms with van der Waals surface area (Å²) in [6.07, 6.45) is 0. The molecule has 0 aliphatic carbocycles. The number of nitrogens with zero attached hydrogens (tertiary/aromatic N) is 2. The van der Waals surface area contributed by atoms with Crippen molar-refractivity contribution in [1.82, 2.24) is 4.98 Å². The summed E-state index contributed by atoms with van der Waals surface area (Å²) in [6.45, 7) is 3.55. The van der Waals surface area contributed by atoms with Gasteiger partial charge in [0.1, 0.15) is 4.88 Å². The van der Waals surface area contributed by atoms with Crippen molar-refractivity contribution in [2.24, 2.45) is 0 Å². The number of benzene rings is 2. The molecule has 2 aromatic carbocycles. The second-order valence-corrected chi connectivity index (χ2v) is 9.68. The number of carbonyl (C=O) groups excluding carboxylic acids is 2. The van der Waals surface area contributed by atoms with Crippen LogP contribution in [-0.4, -0.2) is 39.4 Å². The number of hydrogen-bond donors (Lipinski definition) is 1. The molecule has 0 saturated carbocycles. The van der Waals surface area contributed by atoms with Gasteiger partial charge in [-0.3, -0.25) is 14.4 Å². The lowest BCUT2D eigenvalue weighted by atomic mass is 10.2. The number of anilines is 2. The third-order valence-electron chi connectivity index (χ3n) is 4.54. The minimum Gasteiger partial charge on any atom is -0.465 e. The number of carbonyl (C=O) groups is 2. The molecule has 0 unspecified atom stereocenters. The number of aromatic nitrogens is 1. The number of nitrogens with one attached hydrogen (secondary N) is 1. The van der Waals surface area contributed by atoms with Crippen molar-refractivity contribution in [3.63, 3.8) is 0 Å². The summed E-state index contributed by atoms with van der Waals surface area (Å²) in [5, 5.41) is 2.81. The molecule has 1 heterocycles. The molecule has 162 valence electrons. The molecule has 10 heteroatoms. The predicted octanol–water partition coefficient (Wildman–Crippen LogP) is 3.62. The third-order valence-corrected chi connectivity index (χ3v) is 7.37. The first-order valence-electron chi connectivity index (χ1n) is 9.16. The smallest absolute Gasteiger partial charge is 0.350 e. The van der Waals surface area contributed by atoms with Crippen molar-refractivity contribution < 1.29 is 22.7 Å². The molecule has 0 spiro atoms. The topological polar surface area (TPSA) is 106 Å². The van der Waals surface area contributed by atoms with Crippen LogP contribution in [0.5, 0.6) is 0 Å². The fourth-order valence-corrected chi connectivity index (χ4v) is 4.87. The van der Waals surface area contributed by atoms with Gasteiger partial charge in [-0.25, -0.2) is 18.2 Å². The Hall–Kier alpha value is -3.24. The fraction of sp³-hybridized carbons (Fsp3) is 0.190. The summed E-state index contributed by atoms with van der Waals surface area (Å²) in [7, 11) is -1.15. The molecule has 8 nitrogen and oxygen atoms in total. The van der Waals surface area contributed by atoms with Crippen LogP contribution in [0.15, 0.2) is 53.4 Å².